The zero-order chi connectivity index (χ0) is 24.2. The van der Waals surface area contributed by atoms with Crippen LogP contribution in [0, 0.1) is 17.8 Å². The molecule has 32 heavy (non-hydrogen) atoms. The van der Waals surface area contributed by atoms with Crippen molar-refractivity contribution in [1.82, 2.24) is 9.55 Å². The number of esters is 2. The Labute approximate surface area is 195 Å². The molecule has 2 heterocycles. The van der Waals surface area contributed by atoms with Crippen LogP contribution in [-0.2, 0) is 28.6 Å². The van der Waals surface area contributed by atoms with Gasteiger partial charge < -0.3 is 19.5 Å². The zero-order valence-electron chi connectivity index (χ0n) is 19.1. The number of anilines is 1. The normalized spacial score (nSPS) is 20.6. The lowest BCUT2D eigenvalue weighted by atomic mass is 10.1. The smallest absolute Gasteiger partial charge is 0.351 e. The third-order valence-corrected chi connectivity index (χ3v) is 5.34. The van der Waals surface area contributed by atoms with Gasteiger partial charge in [-0.25, -0.2) is 4.79 Å². The topological polar surface area (TPSA) is 126 Å². The summed E-state index contributed by atoms with van der Waals surface area (Å²) in [6.45, 7) is 10.2. The Hall–Kier alpha value is -2.27. The maximum absolute atomic E-state index is 12.6. The standard InChI is InChI=1S/C21H30BrN3O7/c1-10(2)18(26)23-17-13(22)8-25(21(29)24-17)16-7-14(32-20(28)12(5)6)15(31-16)9-30-19(27)11(3)4/h8,10-12,14-16H,7,9H2,1-6H3,(H,23,24,26,29)/t14-,15+,16+/m0/s1. The lowest BCUT2D eigenvalue weighted by Crippen LogP contribution is -2.33. The highest BCUT2D eigenvalue weighted by Crippen LogP contribution is 2.32. The molecule has 0 spiro atoms. The number of carbonyl (C=O) groups excluding carboxylic acids is 3. The Morgan fingerprint density at radius 1 is 1.16 bits per heavy atom. The van der Waals surface area contributed by atoms with E-state index in [4.69, 9.17) is 14.2 Å². The number of aromatic nitrogens is 2. The Balaban J connectivity index is 2.24. The fourth-order valence-corrected chi connectivity index (χ4v) is 3.17. The summed E-state index contributed by atoms with van der Waals surface area (Å²) in [4.78, 5) is 52.5. The molecule has 10 nitrogen and oxygen atoms in total. The monoisotopic (exact) mass is 515 g/mol. The number of carbonyl (C=O) groups is 3. The van der Waals surface area contributed by atoms with Gasteiger partial charge in [-0.3, -0.25) is 19.0 Å². The molecule has 1 N–H and O–H groups in total. The third kappa shape index (κ3) is 6.61. The van der Waals surface area contributed by atoms with Crippen molar-refractivity contribution in [1.29, 1.82) is 0 Å². The molecule has 1 fully saturated rings. The van der Waals surface area contributed by atoms with Gasteiger partial charge in [-0.1, -0.05) is 41.5 Å². The molecule has 1 aliphatic rings. The third-order valence-electron chi connectivity index (χ3n) is 4.76. The van der Waals surface area contributed by atoms with Gasteiger partial charge in [0.1, 0.15) is 25.0 Å². The molecule has 0 saturated carbocycles. The maximum atomic E-state index is 12.6. The second-order valence-electron chi connectivity index (χ2n) is 8.55. The van der Waals surface area contributed by atoms with Crippen molar-refractivity contribution in [2.24, 2.45) is 17.8 Å². The van der Waals surface area contributed by atoms with Gasteiger partial charge in [0.25, 0.3) is 0 Å². The van der Waals surface area contributed by atoms with Crippen molar-refractivity contribution >= 4 is 39.6 Å². The minimum atomic E-state index is -0.797. The van der Waals surface area contributed by atoms with Crippen molar-refractivity contribution < 1.29 is 28.6 Å². The number of nitrogens with zero attached hydrogens (tertiary/aromatic N) is 2. The first kappa shape index (κ1) is 26.0. The summed E-state index contributed by atoms with van der Waals surface area (Å²) in [7, 11) is 0. The van der Waals surface area contributed by atoms with Crippen LogP contribution in [0.3, 0.4) is 0 Å². The van der Waals surface area contributed by atoms with E-state index in [0.717, 1.165) is 0 Å². The quantitative estimate of drug-likeness (QED) is 0.523. The highest BCUT2D eigenvalue weighted by molar-refractivity contribution is 9.10. The number of ether oxygens (including phenoxy) is 3. The van der Waals surface area contributed by atoms with E-state index in [1.807, 2.05) is 0 Å². The second-order valence-corrected chi connectivity index (χ2v) is 9.41. The maximum Gasteiger partial charge on any atom is 0.351 e. The van der Waals surface area contributed by atoms with Crippen LogP contribution < -0.4 is 11.0 Å². The molecule has 1 amide bonds. The average molecular weight is 516 g/mol. The molecule has 1 aromatic heterocycles. The highest BCUT2D eigenvalue weighted by Gasteiger charge is 2.40. The van der Waals surface area contributed by atoms with Gasteiger partial charge in [0.05, 0.1) is 16.3 Å². The zero-order valence-corrected chi connectivity index (χ0v) is 20.7. The number of rotatable bonds is 8. The first-order chi connectivity index (χ1) is 14.9. The molecule has 1 aromatic rings. The molecule has 1 aliphatic heterocycles. The summed E-state index contributed by atoms with van der Waals surface area (Å²) in [6, 6.07) is 0. The van der Waals surface area contributed by atoms with E-state index in [-0.39, 0.29) is 42.5 Å². The van der Waals surface area contributed by atoms with Crippen molar-refractivity contribution in [3.8, 4) is 0 Å². The van der Waals surface area contributed by atoms with E-state index in [1.54, 1.807) is 41.5 Å². The van der Waals surface area contributed by atoms with Crippen LogP contribution in [0.5, 0.6) is 0 Å². The molecule has 3 atom stereocenters. The Morgan fingerprint density at radius 3 is 2.34 bits per heavy atom. The van der Waals surface area contributed by atoms with Crippen LogP contribution >= 0.6 is 15.9 Å². The Bertz CT molecular complexity index is 913. The summed E-state index contributed by atoms with van der Waals surface area (Å²) < 4.78 is 18.4. The molecule has 178 valence electrons. The number of amides is 1. The van der Waals surface area contributed by atoms with Crippen LogP contribution in [0.4, 0.5) is 5.82 Å². The van der Waals surface area contributed by atoms with Crippen LogP contribution in [0.2, 0.25) is 0 Å². The second kappa shape index (κ2) is 11.0. The fraction of sp³-hybridized carbons (Fsp3) is 0.667. The molecule has 0 aliphatic carbocycles. The van der Waals surface area contributed by atoms with Gasteiger partial charge in [-0.2, -0.15) is 4.98 Å². The number of hydrogen-bond acceptors (Lipinski definition) is 8. The van der Waals surface area contributed by atoms with Gasteiger partial charge >= 0.3 is 17.6 Å². The van der Waals surface area contributed by atoms with E-state index < -0.39 is 36.1 Å². The minimum absolute atomic E-state index is 0.105. The van der Waals surface area contributed by atoms with Crippen LogP contribution in [0.1, 0.15) is 54.2 Å². The predicted molar refractivity (Wildman–Crippen MR) is 119 cm³/mol. The van der Waals surface area contributed by atoms with Crippen LogP contribution in [0.15, 0.2) is 15.5 Å². The summed E-state index contributed by atoms with van der Waals surface area (Å²) >= 11 is 3.31. The van der Waals surface area contributed by atoms with Crippen molar-refractivity contribution in [3.05, 3.63) is 21.2 Å². The minimum Gasteiger partial charge on any atom is -0.463 e. The first-order valence-electron chi connectivity index (χ1n) is 10.5. The molecule has 1 saturated heterocycles. The Morgan fingerprint density at radius 2 is 1.78 bits per heavy atom. The summed E-state index contributed by atoms with van der Waals surface area (Å²) in [5, 5.41) is 2.59. The lowest BCUT2D eigenvalue weighted by molar-refractivity contribution is -0.162. The fourth-order valence-electron chi connectivity index (χ4n) is 2.76. The van der Waals surface area contributed by atoms with Crippen molar-refractivity contribution in [2.45, 2.75) is 66.4 Å². The average Bonchev–Trinajstić information content (AvgIpc) is 3.10. The van der Waals surface area contributed by atoms with E-state index in [1.165, 1.54) is 10.8 Å². The number of nitrogens with one attached hydrogen (secondary N) is 1. The van der Waals surface area contributed by atoms with E-state index in [9.17, 15) is 19.2 Å². The van der Waals surface area contributed by atoms with Gasteiger partial charge in [-0.05, 0) is 15.9 Å². The molecule has 2 rings (SSSR count). The molecule has 0 aromatic carbocycles. The lowest BCUT2D eigenvalue weighted by Gasteiger charge is -2.20. The van der Waals surface area contributed by atoms with E-state index in [0.29, 0.717) is 4.47 Å². The molecular formula is C21H30BrN3O7. The molecule has 0 bridgehead atoms. The SMILES string of the molecule is CC(C)C(=O)Nc1nc(=O)n([C@H]2C[C@H](OC(=O)C(C)C)[C@@H](COC(=O)C(C)C)O2)cc1Br. The van der Waals surface area contributed by atoms with Crippen LogP contribution in [-0.4, -0.2) is 46.2 Å². The van der Waals surface area contributed by atoms with Gasteiger partial charge in [0, 0.05) is 18.5 Å². The summed E-state index contributed by atoms with van der Waals surface area (Å²) in [5.74, 6) is -1.95. The molecule has 0 unspecified atom stereocenters. The van der Waals surface area contributed by atoms with Gasteiger partial charge in [0.2, 0.25) is 5.91 Å². The molecule has 11 heteroatoms. The van der Waals surface area contributed by atoms with Crippen LogP contribution in [0.25, 0.3) is 0 Å². The predicted octanol–water partition coefficient (Wildman–Crippen LogP) is 2.65. The number of halogens is 1. The molecular weight excluding hydrogens is 486 g/mol. The van der Waals surface area contributed by atoms with Crippen molar-refractivity contribution in [3.63, 3.8) is 0 Å². The van der Waals surface area contributed by atoms with E-state index >= 15 is 0 Å². The highest BCUT2D eigenvalue weighted by atomic mass is 79.9. The first-order valence-corrected chi connectivity index (χ1v) is 11.3. The molecule has 0 radical (unpaired) electrons. The van der Waals surface area contributed by atoms with Crippen molar-refractivity contribution in [2.75, 3.05) is 11.9 Å². The summed E-state index contributed by atoms with van der Waals surface area (Å²) in [6.07, 6.45) is -0.612. The van der Waals surface area contributed by atoms with E-state index in [2.05, 4.69) is 26.2 Å². The van der Waals surface area contributed by atoms with Gasteiger partial charge in [0.15, 0.2) is 5.82 Å². The Kier molecular flexibility index (Phi) is 8.97. The number of hydrogen-bond donors (Lipinski definition) is 1. The largest absolute Gasteiger partial charge is 0.463 e. The summed E-state index contributed by atoms with van der Waals surface area (Å²) in [5.41, 5.74) is -0.647. The van der Waals surface area contributed by atoms with Gasteiger partial charge in [-0.15, -0.1) is 0 Å².